The minimum absolute atomic E-state index is 0.0393. The van der Waals surface area contributed by atoms with Gasteiger partial charge in [-0.1, -0.05) is 65.2 Å². The van der Waals surface area contributed by atoms with Gasteiger partial charge in [-0.25, -0.2) is 0 Å². The first-order valence-electron chi connectivity index (χ1n) is 6.96. The Morgan fingerprint density at radius 1 is 1.05 bits per heavy atom. The smallest absolute Gasteiger partial charge is 0.231 e. The van der Waals surface area contributed by atoms with Crippen LogP contribution in [0.3, 0.4) is 0 Å². The molecule has 0 fully saturated rings. The van der Waals surface area contributed by atoms with Crippen LogP contribution in [0.5, 0.6) is 0 Å². The summed E-state index contributed by atoms with van der Waals surface area (Å²) in [5, 5.41) is 2.92. The predicted molar refractivity (Wildman–Crippen MR) is 94.3 cm³/mol. The van der Waals surface area contributed by atoms with Gasteiger partial charge in [-0.3, -0.25) is 4.79 Å². The highest BCUT2D eigenvalue weighted by atomic mass is 35.5. The third-order valence-corrected chi connectivity index (χ3v) is 3.64. The van der Waals surface area contributed by atoms with Crippen LogP contribution in [-0.2, 0) is 4.79 Å². The van der Waals surface area contributed by atoms with Crippen LogP contribution < -0.4 is 5.32 Å². The van der Waals surface area contributed by atoms with Crippen molar-refractivity contribution in [3.05, 3.63) is 69.7 Å². The van der Waals surface area contributed by atoms with Gasteiger partial charge in [0, 0.05) is 5.69 Å². The van der Waals surface area contributed by atoms with E-state index in [-0.39, 0.29) is 16.3 Å². The van der Waals surface area contributed by atoms with Crippen LogP contribution >= 0.6 is 23.2 Å². The lowest BCUT2D eigenvalue weighted by molar-refractivity contribution is -0.117. The Labute approximate surface area is 140 Å². The van der Waals surface area contributed by atoms with Crippen molar-refractivity contribution in [1.29, 1.82) is 0 Å². The number of nitrogens with one attached hydrogen (secondary N) is 1. The maximum atomic E-state index is 12.3. The average Bonchev–Trinajstić information content (AvgIpc) is 2.49. The third kappa shape index (κ3) is 4.62. The molecule has 114 valence electrons. The Kier molecular flexibility index (Phi) is 5.64. The topological polar surface area (TPSA) is 29.1 Å². The number of aryl methyl sites for hydroxylation is 1. The molecule has 0 aliphatic heterocycles. The Morgan fingerprint density at radius 2 is 1.64 bits per heavy atom. The Bertz CT molecular complexity index is 671. The van der Waals surface area contributed by atoms with Gasteiger partial charge in [0.15, 0.2) is 0 Å². The molecule has 4 heteroatoms. The van der Waals surface area contributed by atoms with Crippen molar-refractivity contribution >= 4 is 40.9 Å². The first-order chi connectivity index (χ1) is 10.5. The summed E-state index contributed by atoms with van der Waals surface area (Å²) in [5.74, 6) is -0.284. The highest BCUT2D eigenvalue weighted by Gasteiger charge is 2.15. The number of carbonyl (C=O) groups is 1. The van der Waals surface area contributed by atoms with E-state index in [9.17, 15) is 4.79 Å². The average molecular weight is 334 g/mol. The quantitative estimate of drug-likeness (QED) is 0.784. The van der Waals surface area contributed by atoms with Gasteiger partial charge in [-0.05, 0) is 43.2 Å². The highest BCUT2D eigenvalue weighted by molar-refractivity contribution is 6.57. The molecule has 22 heavy (non-hydrogen) atoms. The van der Waals surface area contributed by atoms with E-state index in [1.165, 1.54) is 0 Å². The summed E-state index contributed by atoms with van der Waals surface area (Å²) in [4.78, 5) is 12.3. The van der Waals surface area contributed by atoms with E-state index in [2.05, 4.69) is 5.32 Å². The number of rotatable bonds is 4. The minimum atomic E-state index is -0.245. The van der Waals surface area contributed by atoms with Gasteiger partial charge in [0.05, 0.1) is 5.92 Å². The van der Waals surface area contributed by atoms with Crippen molar-refractivity contribution in [2.45, 2.75) is 19.8 Å². The van der Waals surface area contributed by atoms with Crippen LogP contribution in [0.4, 0.5) is 5.69 Å². The molecular formula is C18H17Cl2NO. The molecule has 1 atom stereocenters. The number of benzene rings is 2. The lowest BCUT2D eigenvalue weighted by atomic mass is 9.99. The standard InChI is InChI=1S/C18H17Cl2NO/c1-12-3-9-16(10-4-12)21-18(22)13(2)15-7-5-14(6-8-15)11-17(19)20/h3-11,13H,1-2H3,(H,21,22). The van der Waals surface area contributed by atoms with Crippen LogP contribution in [0, 0.1) is 6.92 Å². The highest BCUT2D eigenvalue weighted by Crippen LogP contribution is 2.20. The molecule has 0 aliphatic rings. The molecule has 0 spiro atoms. The monoisotopic (exact) mass is 333 g/mol. The Hall–Kier alpha value is -1.77. The summed E-state index contributed by atoms with van der Waals surface area (Å²) < 4.78 is 0.206. The molecule has 0 bridgehead atoms. The van der Waals surface area contributed by atoms with Gasteiger partial charge < -0.3 is 5.32 Å². The molecule has 0 saturated heterocycles. The molecule has 2 aromatic carbocycles. The number of amides is 1. The summed E-state index contributed by atoms with van der Waals surface area (Å²) in [7, 11) is 0. The van der Waals surface area contributed by atoms with E-state index in [1.54, 1.807) is 6.08 Å². The van der Waals surface area contributed by atoms with E-state index in [0.29, 0.717) is 0 Å². The van der Waals surface area contributed by atoms with E-state index in [0.717, 1.165) is 22.4 Å². The van der Waals surface area contributed by atoms with Crippen LogP contribution in [0.25, 0.3) is 6.08 Å². The van der Waals surface area contributed by atoms with Crippen molar-refractivity contribution in [3.8, 4) is 0 Å². The first kappa shape index (κ1) is 16.6. The normalized spacial score (nSPS) is 11.6. The van der Waals surface area contributed by atoms with Crippen molar-refractivity contribution < 1.29 is 4.79 Å². The zero-order valence-corrected chi connectivity index (χ0v) is 13.9. The fourth-order valence-corrected chi connectivity index (χ4v) is 2.30. The lowest BCUT2D eigenvalue weighted by Crippen LogP contribution is -2.18. The van der Waals surface area contributed by atoms with E-state index < -0.39 is 0 Å². The fraction of sp³-hybridized carbons (Fsp3) is 0.167. The molecule has 0 radical (unpaired) electrons. The number of hydrogen-bond donors (Lipinski definition) is 1. The van der Waals surface area contributed by atoms with Crippen molar-refractivity contribution in [2.24, 2.45) is 0 Å². The molecule has 0 heterocycles. The maximum absolute atomic E-state index is 12.3. The summed E-state index contributed by atoms with van der Waals surface area (Å²) in [6.07, 6.45) is 1.66. The third-order valence-electron chi connectivity index (χ3n) is 3.42. The molecule has 0 saturated carbocycles. The van der Waals surface area contributed by atoms with Crippen molar-refractivity contribution in [1.82, 2.24) is 0 Å². The molecule has 0 aromatic heterocycles. The molecule has 1 N–H and O–H groups in total. The summed E-state index contributed by atoms with van der Waals surface area (Å²) in [5.41, 5.74) is 3.80. The van der Waals surface area contributed by atoms with E-state index >= 15 is 0 Å². The van der Waals surface area contributed by atoms with Gasteiger partial charge in [0.2, 0.25) is 5.91 Å². The van der Waals surface area contributed by atoms with Gasteiger partial charge >= 0.3 is 0 Å². The van der Waals surface area contributed by atoms with Crippen LogP contribution in [0.2, 0.25) is 0 Å². The zero-order chi connectivity index (χ0) is 16.1. The molecule has 1 amide bonds. The SMILES string of the molecule is Cc1ccc(NC(=O)C(C)c2ccc(C=C(Cl)Cl)cc2)cc1. The van der Waals surface area contributed by atoms with Crippen LogP contribution in [0.1, 0.15) is 29.5 Å². The molecular weight excluding hydrogens is 317 g/mol. The molecule has 0 aliphatic carbocycles. The van der Waals surface area contributed by atoms with Crippen molar-refractivity contribution in [2.75, 3.05) is 5.32 Å². The predicted octanol–water partition coefficient (Wildman–Crippen LogP) is 5.51. The van der Waals surface area contributed by atoms with Crippen molar-refractivity contribution in [3.63, 3.8) is 0 Å². The molecule has 2 rings (SSSR count). The summed E-state index contributed by atoms with van der Waals surface area (Å²) >= 11 is 11.3. The van der Waals surface area contributed by atoms with Gasteiger partial charge in [-0.15, -0.1) is 0 Å². The Balaban J connectivity index is 2.06. The van der Waals surface area contributed by atoms with E-state index in [1.807, 2.05) is 62.4 Å². The van der Waals surface area contributed by atoms with Crippen LogP contribution in [0.15, 0.2) is 53.0 Å². The Morgan fingerprint density at radius 3 is 2.18 bits per heavy atom. The zero-order valence-electron chi connectivity index (χ0n) is 12.4. The van der Waals surface area contributed by atoms with Gasteiger partial charge in [-0.2, -0.15) is 0 Å². The lowest BCUT2D eigenvalue weighted by Gasteiger charge is -2.13. The first-order valence-corrected chi connectivity index (χ1v) is 7.71. The number of hydrogen-bond acceptors (Lipinski definition) is 1. The minimum Gasteiger partial charge on any atom is -0.326 e. The molecule has 2 aromatic rings. The fourth-order valence-electron chi connectivity index (χ4n) is 2.05. The largest absolute Gasteiger partial charge is 0.326 e. The van der Waals surface area contributed by atoms with Gasteiger partial charge in [0.1, 0.15) is 4.49 Å². The maximum Gasteiger partial charge on any atom is 0.231 e. The van der Waals surface area contributed by atoms with E-state index in [4.69, 9.17) is 23.2 Å². The number of halogens is 2. The number of carbonyl (C=O) groups excluding carboxylic acids is 1. The molecule has 2 nitrogen and oxygen atoms in total. The van der Waals surface area contributed by atoms with Crippen LogP contribution in [-0.4, -0.2) is 5.91 Å². The summed E-state index contributed by atoms with van der Waals surface area (Å²) in [6, 6.07) is 15.3. The second-order valence-corrected chi connectivity index (χ2v) is 6.19. The van der Waals surface area contributed by atoms with Gasteiger partial charge in [0.25, 0.3) is 0 Å². The number of anilines is 1. The second kappa shape index (κ2) is 7.48. The summed E-state index contributed by atoms with van der Waals surface area (Å²) in [6.45, 7) is 3.89. The second-order valence-electron chi connectivity index (χ2n) is 5.18. The molecule has 1 unspecified atom stereocenters.